The van der Waals surface area contributed by atoms with Crippen LogP contribution in [-0.4, -0.2) is 83.9 Å². The van der Waals surface area contributed by atoms with Crippen molar-refractivity contribution >= 4 is 23.2 Å². The van der Waals surface area contributed by atoms with E-state index >= 15 is 4.39 Å². The summed E-state index contributed by atoms with van der Waals surface area (Å²) in [6.07, 6.45) is 2.19. The van der Waals surface area contributed by atoms with E-state index in [-0.39, 0.29) is 36.3 Å². The van der Waals surface area contributed by atoms with E-state index in [1.165, 1.54) is 11.3 Å². The number of ether oxygens (including phenoxy) is 3. The summed E-state index contributed by atoms with van der Waals surface area (Å²) in [6, 6.07) is 5.51. The molecule has 1 aromatic heterocycles. The number of thiazole rings is 1. The van der Waals surface area contributed by atoms with E-state index in [0.717, 1.165) is 30.9 Å². The summed E-state index contributed by atoms with van der Waals surface area (Å²) in [6.45, 7) is 14.0. The molecule has 2 saturated heterocycles. The largest absolute Gasteiger partial charge is 0.460 e. The molecule has 0 radical (unpaired) electrons. The molecule has 41 heavy (non-hydrogen) atoms. The molecule has 1 aromatic carbocycles. The summed E-state index contributed by atoms with van der Waals surface area (Å²) in [4.78, 5) is 33.7. The number of carbonyl (C=O) groups excluding carboxylic acids is 2. The third-order valence-electron chi connectivity index (χ3n) is 7.48. The number of piperidine rings is 1. The van der Waals surface area contributed by atoms with Gasteiger partial charge in [-0.25, -0.2) is 9.37 Å². The molecule has 2 aromatic rings. The number of amides is 1. The predicted octanol–water partition coefficient (Wildman–Crippen LogP) is 5.20. The summed E-state index contributed by atoms with van der Waals surface area (Å²) >= 11 is 1.54. The first-order chi connectivity index (χ1) is 19.4. The predicted molar refractivity (Wildman–Crippen MR) is 157 cm³/mol. The van der Waals surface area contributed by atoms with Crippen molar-refractivity contribution < 1.29 is 28.2 Å². The second-order valence-corrected chi connectivity index (χ2v) is 13.2. The molecule has 0 atom stereocenters. The van der Waals surface area contributed by atoms with Crippen molar-refractivity contribution in [1.29, 1.82) is 0 Å². The summed E-state index contributed by atoms with van der Waals surface area (Å²) < 4.78 is 32.4. The van der Waals surface area contributed by atoms with Crippen molar-refractivity contribution in [3.05, 3.63) is 51.2 Å². The molecule has 0 unspecified atom stereocenters. The molecule has 0 aliphatic carbocycles. The maximum atomic E-state index is 15.3. The first-order valence-electron chi connectivity index (χ1n) is 14.6. The monoisotopic (exact) mass is 589 g/mol. The lowest BCUT2D eigenvalue weighted by Crippen LogP contribution is -2.58. The number of benzene rings is 1. The van der Waals surface area contributed by atoms with Gasteiger partial charge in [0.05, 0.1) is 43.4 Å². The van der Waals surface area contributed by atoms with E-state index < -0.39 is 5.60 Å². The topological polar surface area (TPSA) is 81.2 Å². The Morgan fingerprint density at radius 3 is 2.56 bits per heavy atom. The fourth-order valence-corrected chi connectivity index (χ4v) is 6.08. The van der Waals surface area contributed by atoms with Crippen molar-refractivity contribution in [2.45, 2.75) is 84.0 Å². The van der Waals surface area contributed by atoms with Crippen LogP contribution in [0.25, 0.3) is 0 Å². The first-order valence-corrected chi connectivity index (χ1v) is 15.5. The third-order valence-corrected chi connectivity index (χ3v) is 8.62. The molecular weight excluding hydrogens is 545 g/mol. The van der Waals surface area contributed by atoms with Crippen molar-refractivity contribution in [3.63, 3.8) is 0 Å². The number of hydrogen-bond donors (Lipinski definition) is 0. The summed E-state index contributed by atoms with van der Waals surface area (Å²) in [5.74, 6) is -0.215. The summed E-state index contributed by atoms with van der Waals surface area (Å²) in [5, 5.41) is 2.84. The Morgan fingerprint density at radius 2 is 1.88 bits per heavy atom. The number of nitrogens with zero attached hydrogens (tertiary/aromatic N) is 3. The number of carbonyl (C=O) groups is 2. The average molecular weight is 590 g/mol. The van der Waals surface area contributed by atoms with Gasteiger partial charge in [0.1, 0.15) is 17.1 Å². The van der Waals surface area contributed by atoms with Crippen molar-refractivity contribution in [3.8, 4) is 0 Å². The van der Waals surface area contributed by atoms with E-state index in [1.54, 1.807) is 6.07 Å². The molecule has 2 fully saturated rings. The van der Waals surface area contributed by atoms with Gasteiger partial charge in [-0.05, 0) is 45.6 Å². The van der Waals surface area contributed by atoms with Gasteiger partial charge < -0.3 is 19.1 Å². The number of hydrogen-bond acceptors (Lipinski definition) is 8. The number of morpholine rings is 1. The van der Waals surface area contributed by atoms with E-state index in [0.29, 0.717) is 62.0 Å². The Bertz CT molecular complexity index is 1190. The first kappa shape index (κ1) is 31.5. The molecule has 0 N–H and O–H groups in total. The van der Waals surface area contributed by atoms with E-state index in [9.17, 15) is 9.59 Å². The highest BCUT2D eigenvalue weighted by molar-refractivity contribution is 7.09. The van der Waals surface area contributed by atoms with Crippen molar-refractivity contribution in [1.82, 2.24) is 14.8 Å². The molecule has 10 heteroatoms. The number of aromatic nitrogens is 1. The number of rotatable bonds is 10. The van der Waals surface area contributed by atoms with Gasteiger partial charge in [-0.15, -0.1) is 11.3 Å². The molecule has 1 amide bonds. The molecule has 8 nitrogen and oxygen atoms in total. The van der Waals surface area contributed by atoms with Crippen LogP contribution in [0, 0.1) is 5.82 Å². The molecule has 1 spiro atoms. The molecule has 2 aliphatic heterocycles. The smallest absolute Gasteiger partial charge is 0.308 e. The Kier molecular flexibility index (Phi) is 10.5. The maximum absolute atomic E-state index is 15.3. The zero-order chi connectivity index (χ0) is 29.6. The highest BCUT2D eigenvalue weighted by Crippen LogP contribution is 2.32. The van der Waals surface area contributed by atoms with Crippen LogP contribution >= 0.6 is 11.3 Å². The highest BCUT2D eigenvalue weighted by atomic mass is 32.1. The van der Waals surface area contributed by atoms with Gasteiger partial charge in [0.15, 0.2) is 0 Å². The summed E-state index contributed by atoms with van der Waals surface area (Å²) in [5.41, 5.74) is 0.923. The minimum Gasteiger partial charge on any atom is -0.460 e. The molecule has 0 bridgehead atoms. The summed E-state index contributed by atoms with van der Waals surface area (Å²) in [7, 11) is 0. The lowest BCUT2D eigenvalue weighted by molar-refractivity contribution is -0.156. The second-order valence-electron chi connectivity index (χ2n) is 12.3. The van der Waals surface area contributed by atoms with E-state index in [1.807, 2.05) is 43.2 Å². The number of esters is 1. The fourth-order valence-electron chi connectivity index (χ4n) is 5.27. The Balaban J connectivity index is 1.24. The van der Waals surface area contributed by atoms with Crippen molar-refractivity contribution in [2.24, 2.45) is 0 Å². The Labute approximate surface area is 247 Å². The van der Waals surface area contributed by atoms with Gasteiger partial charge >= 0.3 is 5.97 Å². The van der Waals surface area contributed by atoms with Crippen LogP contribution in [0.1, 0.15) is 86.4 Å². The number of halogens is 1. The van der Waals surface area contributed by atoms with Crippen LogP contribution in [0.2, 0.25) is 0 Å². The minimum absolute atomic E-state index is 0.0223. The van der Waals surface area contributed by atoms with Crippen LogP contribution in [0.3, 0.4) is 0 Å². The molecule has 4 rings (SSSR count). The lowest BCUT2D eigenvalue weighted by atomic mass is 9.89. The zero-order valence-corrected chi connectivity index (χ0v) is 25.9. The lowest BCUT2D eigenvalue weighted by Gasteiger charge is -2.47. The normalized spacial score (nSPS) is 17.8. The second kappa shape index (κ2) is 13.7. The third kappa shape index (κ3) is 8.80. The SMILES string of the molecule is CC(C)c1nc(C(=O)N2CCOC3(CCN(Cc4cccc(CCOCCC(=O)OC(C)(C)C)c4F)CC3)C2)cs1. The number of likely N-dealkylation sites (tertiary alicyclic amines) is 1. The Morgan fingerprint density at radius 1 is 1.15 bits per heavy atom. The highest BCUT2D eigenvalue weighted by Gasteiger charge is 2.41. The van der Waals surface area contributed by atoms with Gasteiger partial charge in [0, 0.05) is 43.0 Å². The molecule has 226 valence electrons. The van der Waals surface area contributed by atoms with Crippen LogP contribution < -0.4 is 0 Å². The van der Waals surface area contributed by atoms with Gasteiger partial charge in [-0.1, -0.05) is 32.0 Å². The zero-order valence-electron chi connectivity index (χ0n) is 25.0. The van der Waals surface area contributed by atoms with Gasteiger partial charge in [-0.3, -0.25) is 14.5 Å². The molecule has 2 aliphatic rings. The molecular formula is C31H44FN3O5S. The quantitative estimate of drug-likeness (QED) is 0.278. The van der Waals surface area contributed by atoms with Gasteiger partial charge in [0.25, 0.3) is 5.91 Å². The maximum Gasteiger partial charge on any atom is 0.308 e. The Hall–Kier alpha value is -2.40. The molecule has 0 saturated carbocycles. The average Bonchev–Trinajstić information content (AvgIpc) is 3.41. The van der Waals surface area contributed by atoms with Crippen molar-refractivity contribution in [2.75, 3.05) is 46.0 Å². The minimum atomic E-state index is -0.516. The van der Waals surface area contributed by atoms with Gasteiger partial charge in [0.2, 0.25) is 0 Å². The molecule has 3 heterocycles. The standard InChI is InChI=1S/C31H44FN3O5S/c1-22(2)28-33-25(20-41-28)29(37)35-15-18-39-31(21-35)11-13-34(14-12-31)19-24-8-6-7-23(27(24)32)9-16-38-17-10-26(36)40-30(3,4)5/h6-8,20,22H,9-19,21H2,1-5H3. The van der Waals surface area contributed by atoms with Crippen LogP contribution in [-0.2, 0) is 32.0 Å². The van der Waals surface area contributed by atoms with E-state index in [2.05, 4.69) is 23.7 Å². The van der Waals surface area contributed by atoms with Gasteiger partial charge in [-0.2, -0.15) is 0 Å². The van der Waals surface area contributed by atoms with Crippen LogP contribution in [0.5, 0.6) is 0 Å². The fraction of sp³-hybridized carbons (Fsp3) is 0.645. The van der Waals surface area contributed by atoms with E-state index in [4.69, 9.17) is 14.2 Å². The van der Waals surface area contributed by atoms with Crippen LogP contribution in [0.4, 0.5) is 4.39 Å². The van der Waals surface area contributed by atoms with Crippen LogP contribution in [0.15, 0.2) is 23.6 Å².